The first-order valence-electron chi connectivity index (χ1n) is 6.21. The van der Waals surface area contributed by atoms with Crippen molar-refractivity contribution in [3.05, 3.63) is 41.3 Å². The Bertz CT molecular complexity index is 563. The van der Waals surface area contributed by atoms with Gasteiger partial charge in [0.15, 0.2) is 0 Å². The standard InChI is InChI=1S/C15H17NO3S/c1-18-10-15(17)16-9-13-7-8-14(20-13)11-3-5-12(19-2)6-4-11/h3-8H,9-10H2,1-2H3,(H,16,17). The molecule has 106 valence electrons. The van der Waals surface area contributed by atoms with E-state index >= 15 is 0 Å². The maximum atomic E-state index is 11.3. The summed E-state index contributed by atoms with van der Waals surface area (Å²) in [5.74, 6) is 0.740. The van der Waals surface area contributed by atoms with E-state index < -0.39 is 0 Å². The Kier molecular flexibility index (Phi) is 5.15. The molecule has 0 bridgehead atoms. The van der Waals surface area contributed by atoms with Crippen LogP contribution in [0.25, 0.3) is 10.4 Å². The van der Waals surface area contributed by atoms with Crippen LogP contribution in [0.1, 0.15) is 4.88 Å². The number of rotatable bonds is 6. The van der Waals surface area contributed by atoms with Gasteiger partial charge in [-0.1, -0.05) is 0 Å². The van der Waals surface area contributed by atoms with Crippen molar-refractivity contribution in [2.24, 2.45) is 0 Å². The Morgan fingerprint density at radius 3 is 2.55 bits per heavy atom. The summed E-state index contributed by atoms with van der Waals surface area (Å²) in [6.45, 7) is 0.625. The number of ether oxygens (including phenoxy) is 2. The molecule has 0 saturated carbocycles. The third kappa shape index (κ3) is 3.82. The first kappa shape index (κ1) is 14.6. The summed E-state index contributed by atoms with van der Waals surface area (Å²) in [5, 5.41) is 2.81. The topological polar surface area (TPSA) is 47.6 Å². The quantitative estimate of drug-likeness (QED) is 0.890. The van der Waals surface area contributed by atoms with Gasteiger partial charge in [0.25, 0.3) is 0 Å². The lowest BCUT2D eigenvalue weighted by Crippen LogP contribution is -2.26. The van der Waals surface area contributed by atoms with E-state index in [4.69, 9.17) is 9.47 Å². The van der Waals surface area contributed by atoms with Crippen LogP contribution < -0.4 is 10.1 Å². The van der Waals surface area contributed by atoms with Gasteiger partial charge in [-0.15, -0.1) is 11.3 Å². The Morgan fingerprint density at radius 1 is 1.15 bits per heavy atom. The molecule has 0 aliphatic rings. The van der Waals surface area contributed by atoms with Gasteiger partial charge in [-0.25, -0.2) is 0 Å². The molecule has 5 heteroatoms. The van der Waals surface area contributed by atoms with Crippen LogP contribution in [-0.4, -0.2) is 26.7 Å². The fraction of sp³-hybridized carbons (Fsp3) is 0.267. The second-order valence-corrected chi connectivity index (χ2v) is 5.37. The first-order valence-corrected chi connectivity index (χ1v) is 7.03. The van der Waals surface area contributed by atoms with Crippen LogP contribution in [0.2, 0.25) is 0 Å². The van der Waals surface area contributed by atoms with Crippen LogP contribution in [0.5, 0.6) is 5.75 Å². The van der Waals surface area contributed by atoms with Gasteiger partial charge in [0, 0.05) is 16.9 Å². The zero-order chi connectivity index (χ0) is 14.4. The van der Waals surface area contributed by atoms with Crippen molar-refractivity contribution >= 4 is 17.2 Å². The Morgan fingerprint density at radius 2 is 1.90 bits per heavy atom. The highest BCUT2D eigenvalue weighted by Gasteiger charge is 2.05. The fourth-order valence-electron chi connectivity index (χ4n) is 1.75. The number of benzene rings is 1. The fourth-order valence-corrected chi connectivity index (χ4v) is 2.70. The average molecular weight is 291 g/mol. The molecule has 1 aromatic heterocycles. The van der Waals surface area contributed by atoms with E-state index in [9.17, 15) is 4.79 Å². The van der Waals surface area contributed by atoms with Crippen LogP contribution in [0.15, 0.2) is 36.4 Å². The molecule has 4 nitrogen and oxygen atoms in total. The minimum atomic E-state index is -0.105. The van der Waals surface area contributed by atoms with E-state index in [0.29, 0.717) is 6.54 Å². The van der Waals surface area contributed by atoms with Gasteiger partial charge in [-0.3, -0.25) is 4.79 Å². The summed E-state index contributed by atoms with van der Waals surface area (Å²) in [4.78, 5) is 13.6. The molecule has 2 aromatic rings. The Balaban J connectivity index is 1.99. The smallest absolute Gasteiger partial charge is 0.246 e. The Hall–Kier alpha value is -1.85. The number of nitrogens with one attached hydrogen (secondary N) is 1. The van der Waals surface area contributed by atoms with Crippen molar-refractivity contribution in [1.29, 1.82) is 0 Å². The molecule has 0 atom stereocenters. The molecule has 1 aromatic carbocycles. The molecule has 1 N–H and O–H groups in total. The van der Waals surface area contributed by atoms with E-state index in [-0.39, 0.29) is 12.5 Å². The second-order valence-electron chi connectivity index (χ2n) is 4.20. The highest BCUT2D eigenvalue weighted by molar-refractivity contribution is 7.15. The number of methoxy groups -OCH3 is 2. The lowest BCUT2D eigenvalue weighted by Gasteiger charge is -2.02. The molecule has 0 aliphatic carbocycles. The molecule has 1 heterocycles. The largest absolute Gasteiger partial charge is 0.497 e. The summed E-state index contributed by atoms with van der Waals surface area (Å²) in [6, 6.07) is 12.0. The van der Waals surface area contributed by atoms with Crippen molar-refractivity contribution in [3.8, 4) is 16.2 Å². The summed E-state index contributed by atoms with van der Waals surface area (Å²) < 4.78 is 9.91. The normalized spacial score (nSPS) is 10.3. The van der Waals surface area contributed by atoms with Crippen LogP contribution in [0.3, 0.4) is 0 Å². The first-order chi connectivity index (χ1) is 9.72. The highest BCUT2D eigenvalue weighted by Crippen LogP contribution is 2.29. The summed E-state index contributed by atoms with van der Waals surface area (Å²) in [6.07, 6.45) is 0. The van der Waals surface area contributed by atoms with Gasteiger partial charge in [0.1, 0.15) is 12.4 Å². The Labute approximate surface area is 122 Å². The van der Waals surface area contributed by atoms with Crippen LogP contribution in [0.4, 0.5) is 0 Å². The van der Waals surface area contributed by atoms with Crippen LogP contribution >= 0.6 is 11.3 Å². The molecule has 2 rings (SSSR count). The molecule has 1 amide bonds. The highest BCUT2D eigenvalue weighted by atomic mass is 32.1. The van der Waals surface area contributed by atoms with Crippen LogP contribution in [0, 0.1) is 0 Å². The number of thiophene rings is 1. The van der Waals surface area contributed by atoms with E-state index in [1.54, 1.807) is 18.4 Å². The average Bonchev–Trinajstić information content (AvgIpc) is 2.94. The predicted octanol–water partition coefficient (Wildman–Crippen LogP) is 2.69. The summed E-state index contributed by atoms with van der Waals surface area (Å²) in [7, 11) is 3.16. The van der Waals surface area contributed by atoms with Crippen molar-refractivity contribution in [3.63, 3.8) is 0 Å². The van der Waals surface area contributed by atoms with Crippen molar-refractivity contribution in [2.75, 3.05) is 20.8 Å². The van der Waals surface area contributed by atoms with E-state index in [0.717, 1.165) is 16.2 Å². The number of hydrogen-bond donors (Lipinski definition) is 1. The third-order valence-electron chi connectivity index (χ3n) is 2.77. The second kappa shape index (κ2) is 7.07. The van der Waals surface area contributed by atoms with Crippen molar-refractivity contribution in [2.45, 2.75) is 6.54 Å². The van der Waals surface area contributed by atoms with Crippen LogP contribution in [-0.2, 0) is 16.1 Å². The molecule has 0 aliphatic heterocycles. The molecule has 0 spiro atoms. The maximum absolute atomic E-state index is 11.3. The lowest BCUT2D eigenvalue weighted by molar-refractivity contribution is -0.124. The van der Waals surface area contributed by atoms with Gasteiger partial charge in [0.05, 0.1) is 13.7 Å². The van der Waals surface area contributed by atoms with E-state index in [1.165, 1.54) is 12.0 Å². The molecular weight excluding hydrogens is 274 g/mol. The van der Waals surface area contributed by atoms with Gasteiger partial charge >= 0.3 is 0 Å². The molecular formula is C15H17NO3S. The zero-order valence-corrected chi connectivity index (χ0v) is 12.3. The molecule has 20 heavy (non-hydrogen) atoms. The number of amides is 1. The van der Waals surface area contributed by atoms with E-state index in [1.807, 2.05) is 30.3 Å². The maximum Gasteiger partial charge on any atom is 0.246 e. The zero-order valence-electron chi connectivity index (χ0n) is 11.5. The molecule has 0 unspecified atom stereocenters. The van der Waals surface area contributed by atoms with E-state index in [2.05, 4.69) is 11.4 Å². The molecule has 0 saturated heterocycles. The van der Waals surface area contributed by atoms with Crippen molar-refractivity contribution < 1.29 is 14.3 Å². The summed E-state index contributed by atoms with van der Waals surface area (Å²) >= 11 is 1.66. The van der Waals surface area contributed by atoms with Gasteiger partial charge in [-0.05, 0) is 42.0 Å². The minimum absolute atomic E-state index is 0.0940. The predicted molar refractivity (Wildman–Crippen MR) is 80.0 cm³/mol. The minimum Gasteiger partial charge on any atom is -0.497 e. The monoisotopic (exact) mass is 291 g/mol. The van der Waals surface area contributed by atoms with Crippen molar-refractivity contribution in [1.82, 2.24) is 5.32 Å². The molecule has 0 radical (unpaired) electrons. The third-order valence-corrected chi connectivity index (χ3v) is 3.91. The number of hydrogen-bond acceptors (Lipinski definition) is 4. The summed E-state index contributed by atoms with van der Waals surface area (Å²) in [5.41, 5.74) is 1.14. The van der Waals surface area contributed by atoms with Gasteiger partial charge < -0.3 is 14.8 Å². The lowest BCUT2D eigenvalue weighted by atomic mass is 10.2. The number of carbonyl (C=O) groups excluding carboxylic acids is 1. The SMILES string of the molecule is COCC(=O)NCc1ccc(-c2ccc(OC)cc2)s1. The van der Waals surface area contributed by atoms with Gasteiger partial charge in [-0.2, -0.15) is 0 Å². The van der Waals surface area contributed by atoms with Gasteiger partial charge in [0.2, 0.25) is 5.91 Å². The number of carbonyl (C=O) groups is 1. The molecule has 0 fully saturated rings.